The molecule has 0 amide bonds. The highest BCUT2D eigenvalue weighted by atomic mass is 16.5. The van der Waals surface area contributed by atoms with E-state index in [4.69, 9.17) is 10.5 Å². The minimum atomic E-state index is 0.500. The van der Waals surface area contributed by atoms with Gasteiger partial charge in [0.15, 0.2) is 0 Å². The summed E-state index contributed by atoms with van der Waals surface area (Å²) in [5.74, 6) is 0.806. The van der Waals surface area contributed by atoms with Crippen molar-refractivity contribution in [3.8, 4) is 5.75 Å². The van der Waals surface area contributed by atoms with Gasteiger partial charge in [-0.05, 0) is 55.0 Å². The lowest BCUT2D eigenvalue weighted by atomic mass is 9.97. The number of ether oxygens (including phenoxy) is 1. The first-order valence-corrected chi connectivity index (χ1v) is 8.99. The molecule has 2 aromatic carbocycles. The average Bonchev–Trinajstić information content (AvgIpc) is 2.60. The van der Waals surface area contributed by atoms with Crippen molar-refractivity contribution >= 4 is 5.69 Å². The molecule has 2 aromatic rings. The summed E-state index contributed by atoms with van der Waals surface area (Å²) in [5.41, 5.74) is 11.1. The molecule has 1 unspecified atom stereocenters. The van der Waals surface area contributed by atoms with Gasteiger partial charge in [0, 0.05) is 19.1 Å². The number of fused-ring (bicyclic) bond motifs is 1. The summed E-state index contributed by atoms with van der Waals surface area (Å²) in [5, 5.41) is 0. The summed E-state index contributed by atoms with van der Waals surface area (Å²) >= 11 is 0. The first-order chi connectivity index (χ1) is 11.7. The second-order valence-corrected chi connectivity index (χ2v) is 6.76. The van der Waals surface area contributed by atoms with Crippen molar-refractivity contribution < 1.29 is 4.74 Å². The molecule has 24 heavy (non-hydrogen) atoms. The van der Waals surface area contributed by atoms with Crippen molar-refractivity contribution in [2.75, 3.05) is 18.9 Å². The van der Waals surface area contributed by atoms with E-state index in [1.807, 2.05) is 6.07 Å². The fraction of sp³-hybridized carbons (Fsp3) is 0.429. The molecule has 3 rings (SSSR count). The van der Waals surface area contributed by atoms with Gasteiger partial charge in [0.05, 0.1) is 12.3 Å². The molecule has 3 heteroatoms. The summed E-state index contributed by atoms with van der Waals surface area (Å²) in [7, 11) is 0. The van der Waals surface area contributed by atoms with Crippen LogP contribution in [0.5, 0.6) is 5.75 Å². The molecule has 1 aliphatic rings. The molecule has 128 valence electrons. The topological polar surface area (TPSA) is 38.5 Å². The van der Waals surface area contributed by atoms with Crippen LogP contribution in [0.25, 0.3) is 0 Å². The van der Waals surface area contributed by atoms with Gasteiger partial charge in [-0.3, -0.25) is 4.90 Å². The van der Waals surface area contributed by atoms with Crippen LogP contribution in [0, 0.1) is 0 Å². The van der Waals surface area contributed by atoms with Crippen molar-refractivity contribution in [1.29, 1.82) is 0 Å². The quantitative estimate of drug-likeness (QED) is 0.815. The average molecular weight is 324 g/mol. The number of nitrogens with zero attached hydrogens (tertiary/aromatic N) is 1. The van der Waals surface area contributed by atoms with Crippen molar-refractivity contribution in [1.82, 2.24) is 4.90 Å². The van der Waals surface area contributed by atoms with Crippen LogP contribution in [0.15, 0.2) is 42.5 Å². The van der Waals surface area contributed by atoms with Crippen LogP contribution in [-0.2, 0) is 19.4 Å². The Morgan fingerprint density at radius 2 is 1.96 bits per heavy atom. The second-order valence-electron chi connectivity index (χ2n) is 6.76. The van der Waals surface area contributed by atoms with Crippen LogP contribution in [0.2, 0.25) is 0 Å². The van der Waals surface area contributed by atoms with E-state index in [1.165, 1.54) is 16.7 Å². The molecular formula is C21H28N2O. The lowest BCUT2D eigenvalue weighted by Crippen LogP contribution is -2.38. The molecule has 0 aliphatic carbocycles. The maximum atomic E-state index is 6.14. The Hall–Kier alpha value is -2.00. The zero-order valence-corrected chi connectivity index (χ0v) is 14.8. The maximum absolute atomic E-state index is 6.14. The molecular weight excluding hydrogens is 296 g/mol. The van der Waals surface area contributed by atoms with Gasteiger partial charge < -0.3 is 10.5 Å². The van der Waals surface area contributed by atoms with E-state index < -0.39 is 0 Å². The number of hydrogen-bond donors (Lipinski definition) is 1. The summed E-state index contributed by atoms with van der Waals surface area (Å²) in [6, 6.07) is 15.5. The minimum absolute atomic E-state index is 0.500. The van der Waals surface area contributed by atoms with E-state index in [2.05, 4.69) is 55.1 Å². The van der Waals surface area contributed by atoms with Crippen molar-refractivity contribution in [3.63, 3.8) is 0 Å². The number of nitrogen functional groups attached to an aromatic ring is 1. The highest BCUT2D eigenvalue weighted by molar-refractivity contribution is 5.54. The molecule has 0 bridgehead atoms. The number of anilines is 1. The number of hydrogen-bond acceptors (Lipinski definition) is 3. The van der Waals surface area contributed by atoms with E-state index in [9.17, 15) is 0 Å². The van der Waals surface area contributed by atoms with Gasteiger partial charge in [-0.15, -0.1) is 0 Å². The van der Waals surface area contributed by atoms with E-state index in [0.29, 0.717) is 12.6 Å². The van der Waals surface area contributed by atoms with Gasteiger partial charge in [0.1, 0.15) is 5.75 Å². The molecule has 0 saturated carbocycles. The third-order valence-corrected chi connectivity index (χ3v) is 4.85. The van der Waals surface area contributed by atoms with Crippen molar-refractivity contribution in [2.24, 2.45) is 0 Å². The van der Waals surface area contributed by atoms with Crippen LogP contribution in [-0.4, -0.2) is 24.1 Å². The molecule has 3 nitrogen and oxygen atoms in total. The fourth-order valence-corrected chi connectivity index (χ4v) is 3.43. The monoisotopic (exact) mass is 324 g/mol. The first kappa shape index (κ1) is 16.8. The fourth-order valence-electron chi connectivity index (χ4n) is 3.43. The van der Waals surface area contributed by atoms with Crippen LogP contribution >= 0.6 is 0 Å². The van der Waals surface area contributed by atoms with Crippen LogP contribution < -0.4 is 10.5 Å². The lowest BCUT2D eigenvalue weighted by Gasteiger charge is -2.34. The normalized spacial score (nSPS) is 15.8. The Balaban J connectivity index is 1.63. The predicted octanol–water partition coefficient (Wildman–Crippen LogP) is 4.05. The molecule has 0 saturated heterocycles. The van der Waals surface area contributed by atoms with Gasteiger partial charge in [-0.2, -0.15) is 0 Å². The Bertz CT molecular complexity index is 683. The molecule has 0 fully saturated rings. The Labute approximate surface area is 145 Å². The smallest absolute Gasteiger partial charge is 0.142 e. The van der Waals surface area contributed by atoms with Gasteiger partial charge in [-0.25, -0.2) is 0 Å². The van der Waals surface area contributed by atoms with E-state index in [0.717, 1.165) is 43.8 Å². The number of benzene rings is 2. The largest absolute Gasteiger partial charge is 0.491 e. The summed E-state index contributed by atoms with van der Waals surface area (Å²) < 4.78 is 5.67. The molecule has 0 aromatic heterocycles. The Morgan fingerprint density at radius 1 is 1.17 bits per heavy atom. The Morgan fingerprint density at radius 3 is 2.71 bits per heavy atom. The molecule has 0 radical (unpaired) electrons. The molecule has 0 spiro atoms. The van der Waals surface area contributed by atoms with Crippen molar-refractivity contribution in [3.05, 3.63) is 59.2 Å². The Kier molecular flexibility index (Phi) is 5.41. The summed E-state index contributed by atoms with van der Waals surface area (Å²) in [6.45, 7) is 7.30. The van der Waals surface area contributed by atoms with E-state index in [-0.39, 0.29) is 0 Å². The van der Waals surface area contributed by atoms with Gasteiger partial charge >= 0.3 is 0 Å². The van der Waals surface area contributed by atoms with Crippen molar-refractivity contribution in [2.45, 2.75) is 45.7 Å². The second kappa shape index (κ2) is 7.71. The molecule has 1 atom stereocenters. The zero-order chi connectivity index (χ0) is 16.9. The first-order valence-electron chi connectivity index (χ1n) is 8.99. The van der Waals surface area contributed by atoms with Gasteiger partial charge in [0.2, 0.25) is 0 Å². The van der Waals surface area contributed by atoms with E-state index in [1.54, 1.807) is 0 Å². The van der Waals surface area contributed by atoms with Crippen LogP contribution in [0.3, 0.4) is 0 Å². The highest BCUT2D eigenvalue weighted by Crippen LogP contribution is 2.25. The van der Waals surface area contributed by atoms with Gasteiger partial charge in [-0.1, -0.05) is 37.3 Å². The number of rotatable bonds is 6. The highest BCUT2D eigenvalue weighted by Gasteiger charge is 2.20. The summed E-state index contributed by atoms with van der Waals surface area (Å²) in [6.07, 6.45) is 3.15. The minimum Gasteiger partial charge on any atom is -0.491 e. The predicted molar refractivity (Wildman–Crippen MR) is 100 cm³/mol. The molecule has 2 N–H and O–H groups in total. The molecule has 1 aliphatic heterocycles. The van der Waals surface area contributed by atoms with Gasteiger partial charge in [0.25, 0.3) is 0 Å². The van der Waals surface area contributed by atoms with Crippen LogP contribution in [0.1, 0.15) is 37.0 Å². The lowest BCUT2D eigenvalue weighted by molar-refractivity contribution is 0.189. The molecule has 1 heterocycles. The van der Waals surface area contributed by atoms with E-state index >= 15 is 0 Å². The third kappa shape index (κ3) is 3.90. The SMILES string of the molecule is CCCOc1ccc(CC(C)N2CCc3ccccc3C2)cc1N. The maximum Gasteiger partial charge on any atom is 0.142 e. The zero-order valence-electron chi connectivity index (χ0n) is 14.8. The van der Waals surface area contributed by atoms with Crippen LogP contribution in [0.4, 0.5) is 5.69 Å². The third-order valence-electron chi connectivity index (χ3n) is 4.85. The summed E-state index contributed by atoms with van der Waals surface area (Å²) in [4.78, 5) is 2.57. The standard InChI is InChI=1S/C21H28N2O/c1-3-12-24-21-9-8-17(14-20(21)22)13-16(2)23-11-10-18-6-4-5-7-19(18)15-23/h4-9,14,16H,3,10-13,15,22H2,1-2H3. The number of nitrogens with two attached hydrogens (primary N) is 1.